The van der Waals surface area contributed by atoms with Gasteiger partial charge in [0.2, 0.25) is 5.91 Å². The molecular weight excluding hydrogens is 232 g/mol. The number of carbonyl (C=O) groups excluding carboxylic acids is 1. The van der Waals surface area contributed by atoms with E-state index in [1.807, 2.05) is 0 Å². The number of rotatable bonds is 8. The van der Waals surface area contributed by atoms with Crippen LogP contribution in [0.5, 0.6) is 0 Å². The van der Waals surface area contributed by atoms with E-state index in [0.29, 0.717) is 31.8 Å². The van der Waals surface area contributed by atoms with Gasteiger partial charge in [-0.05, 0) is 45.7 Å². The molecule has 1 rings (SSSR count). The summed E-state index contributed by atoms with van der Waals surface area (Å²) in [6.45, 7) is 5.10. The zero-order chi connectivity index (χ0) is 13.4. The molecule has 1 unspecified atom stereocenters. The Morgan fingerprint density at radius 1 is 1.22 bits per heavy atom. The number of unbranched alkanes of at least 4 members (excludes halogenated alkanes) is 1. The number of carbonyl (C=O) groups is 2. The van der Waals surface area contributed by atoms with Crippen LogP contribution in [0.3, 0.4) is 0 Å². The van der Waals surface area contributed by atoms with E-state index in [0.717, 1.165) is 13.1 Å². The first-order valence-electron chi connectivity index (χ1n) is 6.82. The Labute approximate surface area is 109 Å². The highest BCUT2D eigenvalue weighted by Gasteiger charge is 2.18. The second kappa shape index (κ2) is 8.08. The van der Waals surface area contributed by atoms with Crippen LogP contribution in [0, 0.1) is 0 Å². The first kappa shape index (κ1) is 15.0. The highest BCUT2D eigenvalue weighted by Crippen LogP contribution is 2.10. The first-order valence-corrected chi connectivity index (χ1v) is 6.82. The van der Waals surface area contributed by atoms with Crippen molar-refractivity contribution in [2.75, 3.05) is 19.6 Å². The maximum absolute atomic E-state index is 11.5. The van der Waals surface area contributed by atoms with Gasteiger partial charge in [-0.15, -0.1) is 0 Å². The molecule has 104 valence electrons. The molecule has 0 saturated carbocycles. The number of amides is 1. The number of hydrogen-bond donors (Lipinski definition) is 2. The second-order valence-corrected chi connectivity index (χ2v) is 5.00. The molecule has 0 radical (unpaired) electrons. The van der Waals surface area contributed by atoms with Gasteiger partial charge in [0.25, 0.3) is 0 Å². The lowest BCUT2D eigenvalue weighted by molar-refractivity contribution is -0.137. The van der Waals surface area contributed by atoms with Crippen molar-refractivity contribution in [3.8, 4) is 0 Å². The minimum Gasteiger partial charge on any atom is -0.481 e. The minimum absolute atomic E-state index is 0.0337. The van der Waals surface area contributed by atoms with Crippen LogP contribution >= 0.6 is 0 Å². The van der Waals surface area contributed by atoms with Crippen molar-refractivity contribution in [1.29, 1.82) is 0 Å². The lowest BCUT2D eigenvalue weighted by Crippen LogP contribution is -2.40. The number of likely N-dealkylation sites (tertiary alicyclic amines) is 1. The van der Waals surface area contributed by atoms with Gasteiger partial charge < -0.3 is 10.4 Å². The van der Waals surface area contributed by atoms with E-state index in [1.54, 1.807) is 0 Å². The van der Waals surface area contributed by atoms with Crippen molar-refractivity contribution < 1.29 is 14.7 Å². The molecule has 1 atom stereocenters. The molecule has 0 aromatic carbocycles. The normalized spacial score (nSPS) is 17.6. The minimum atomic E-state index is -0.793. The van der Waals surface area contributed by atoms with Gasteiger partial charge in [-0.25, -0.2) is 0 Å². The van der Waals surface area contributed by atoms with Crippen molar-refractivity contribution in [2.24, 2.45) is 0 Å². The highest BCUT2D eigenvalue weighted by molar-refractivity contribution is 5.75. The molecule has 1 amide bonds. The summed E-state index contributed by atoms with van der Waals surface area (Å²) in [6, 6.07) is 0.399. The summed E-state index contributed by atoms with van der Waals surface area (Å²) >= 11 is 0. The van der Waals surface area contributed by atoms with E-state index in [9.17, 15) is 9.59 Å². The maximum atomic E-state index is 11.5. The molecule has 1 aliphatic heterocycles. The van der Waals surface area contributed by atoms with Crippen LogP contribution in [0.15, 0.2) is 0 Å². The number of carboxylic acids is 1. The largest absolute Gasteiger partial charge is 0.481 e. The number of nitrogens with one attached hydrogen (secondary N) is 1. The molecule has 1 aliphatic rings. The molecule has 18 heavy (non-hydrogen) atoms. The SMILES string of the molecule is CC(CNC(=O)CCCCC(=O)O)N1CCCC1. The molecule has 1 heterocycles. The van der Waals surface area contributed by atoms with Gasteiger partial charge in [-0.2, -0.15) is 0 Å². The van der Waals surface area contributed by atoms with E-state index in [2.05, 4.69) is 17.1 Å². The number of nitrogens with zero attached hydrogens (tertiary/aromatic N) is 1. The average Bonchev–Trinajstić information content (AvgIpc) is 2.85. The number of aliphatic carboxylic acids is 1. The number of carboxylic acid groups (broad SMARTS) is 1. The summed E-state index contributed by atoms with van der Waals surface area (Å²) in [6.07, 6.45) is 4.32. The van der Waals surface area contributed by atoms with Gasteiger partial charge in [0.1, 0.15) is 0 Å². The monoisotopic (exact) mass is 256 g/mol. The second-order valence-electron chi connectivity index (χ2n) is 5.00. The molecule has 0 aromatic rings. The third-order valence-corrected chi connectivity index (χ3v) is 3.40. The zero-order valence-electron chi connectivity index (χ0n) is 11.2. The lowest BCUT2D eigenvalue weighted by atomic mass is 10.2. The highest BCUT2D eigenvalue weighted by atomic mass is 16.4. The molecule has 5 nitrogen and oxygen atoms in total. The van der Waals surface area contributed by atoms with Crippen LogP contribution in [0.25, 0.3) is 0 Å². The summed E-state index contributed by atoms with van der Waals surface area (Å²) in [5, 5.41) is 11.4. The summed E-state index contributed by atoms with van der Waals surface area (Å²) in [5.74, 6) is -0.760. The van der Waals surface area contributed by atoms with E-state index in [-0.39, 0.29) is 12.3 Å². The fourth-order valence-corrected chi connectivity index (χ4v) is 2.22. The van der Waals surface area contributed by atoms with Crippen LogP contribution in [0.1, 0.15) is 45.4 Å². The molecule has 1 saturated heterocycles. The molecule has 0 aliphatic carbocycles. The predicted molar refractivity (Wildman–Crippen MR) is 69.4 cm³/mol. The molecule has 1 fully saturated rings. The Hall–Kier alpha value is -1.10. The Kier molecular flexibility index (Phi) is 6.72. The Bertz CT molecular complexity index is 275. The molecular formula is C13H24N2O3. The van der Waals surface area contributed by atoms with Crippen LogP contribution in [0.4, 0.5) is 0 Å². The Morgan fingerprint density at radius 2 is 1.83 bits per heavy atom. The summed E-state index contributed by atoms with van der Waals surface area (Å²) in [5.41, 5.74) is 0. The molecule has 2 N–H and O–H groups in total. The van der Waals surface area contributed by atoms with Gasteiger partial charge in [0.15, 0.2) is 0 Å². The maximum Gasteiger partial charge on any atom is 0.303 e. The standard InChI is InChI=1S/C13H24N2O3/c1-11(15-8-4-5-9-15)10-14-12(16)6-2-3-7-13(17)18/h11H,2-10H2,1H3,(H,14,16)(H,17,18). The van der Waals surface area contributed by atoms with Gasteiger partial charge in [-0.3, -0.25) is 14.5 Å². The van der Waals surface area contributed by atoms with Gasteiger partial charge in [-0.1, -0.05) is 0 Å². The molecule has 0 aromatic heterocycles. The van der Waals surface area contributed by atoms with Crippen molar-refractivity contribution >= 4 is 11.9 Å². The summed E-state index contributed by atoms with van der Waals surface area (Å²) < 4.78 is 0. The summed E-state index contributed by atoms with van der Waals surface area (Å²) in [4.78, 5) is 24.2. The van der Waals surface area contributed by atoms with Crippen LogP contribution < -0.4 is 5.32 Å². The Morgan fingerprint density at radius 3 is 2.44 bits per heavy atom. The van der Waals surface area contributed by atoms with Crippen molar-refractivity contribution in [3.05, 3.63) is 0 Å². The number of hydrogen-bond acceptors (Lipinski definition) is 3. The fraction of sp³-hybridized carbons (Fsp3) is 0.846. The average molecular weight is 256 g/mol. The third kappa shape index (κ3) is 6.00. The van der Waals surface area contributed by atoms with Crippen LogP contribution in [0.2, 0.25) is 0 Å². The predicted octanol–water partition coefficient (Wildman–Crippen LogP) is 1.23. The lowest BCUT2D eigenvalue weighted by Gasteiger charge is -2.23. The van der Waals surface area contributed by atoms with Gasteiger partial charge >= 0.3 is 5.97 Å². The quantitative estimate of drug-likeness (QED) is 0.641. The van der Waals surface area contributed by atoms with E-state index in [4.69, 9.17) is 5.11 Å². The van der Waals surface area contributed by atoms with Crippen molar-refractivity contribution in [2.45, 2.75) is 51.5 Å². The Balaban J connectivity index is 2.03. The third-order valence-electron chi connectivity index (χ3n) is 3.40. The van der Waals surface area contributed by atoms with E-state index in [1.165, 1.54) is 12.8 Å². The van der Waals surface area contributed by atoms with Crippen LogP contribution in [-0.4, -0.2) is 47.6 Å². The van der Waals surface area contributed by atoms with E-state index >= 15 is 0 Å². The van der Waals surface area contributed by atoms with E-state index < -0.39 is 5.97 Å². The fourth-order valence-electron chi connectivity index (χ4n) is 2.22. The molecule has 0 spiro atoms. The smallest absolute Gasteiger partial charge is 0.303 e. The zero-order valence-corrected chi connectivity index (χ0v) is 11.2. The summed E-state index contributed by atoms with van der Waals surface area (Å²) in [7, 11) is 0. The van der Waals surface area contributed by atoms with Crippen molar-refractivity contribution in [3.63, 3.8) is 0 Å². The molecule has 5 heteroatoms. The van der Waals surface area contributed by atoms with Gasteiger partial charge in [0, 0.05) is 25.4 Å². The van der Waals surface area contributed by atoms with Crippen LogP contribution in [-0.2, 0) is 9.59 Å². The first-order chi connectivity index (χ1) is 8.59. The van der Waals surface area contributed by atoms with Gasteiger partial charge in [0.05, 0.1) is 0 Å². The topological polar surface area (TPSA) is 69.6 Å². The molecule has 0 bridgehead atoms. The van der Waals surface area contributed by atoms with Crippen molar-refractivity contribution in [1.82, 2.24) is 10.2 Å².